The Morgan fingerprint density at radius 1 is 0.824 bits per heavy atom. The van der Waals surface area contributed by atoms with Crippen molar-refractivity contribution in [1.82, 2.24) is 0 Å². The lowest BCUT2D eigenvalue weighted by Crippen LogP contribution is -2.84. The molecule has 0 amide bonds. The van der Waals surface area contributed by atoms with Crippen molar-refractivity contribution in [2.24, 2.45) is 0 Å². The molecule has 0 aliphatic carbocycles. The van der Waals surface area contributed by atoms with Gasteiger partial charge in [-0.15, -0.1) is 0 Å². The molecule has 0 atom stereocenters. The van der Waals surface area contributed by atoms with Crippen molar-refractivity contribution in [3.8, 4) is 0 Å². The summed E-state index contributed by atoms with van der Waals surface area (Å²) in [5.41, 5.74) is 2.75. The summed E-state index contributed by atoms with van der Waals surface area (Å²) < 4.78 is 0. The normalized spacial score (nSPS) is 10.7. The van der Waals surface area contributed by atoms with E-state index in [4.69, 9.17) is 0 Å². The molecule has 2 rings (SSSR count). The fraction of sp³-hybridized carbons (Fsp3) is 0.250. The highest BCUT2D eigenvalue weighted by atomic mass is 14.8. The van der Waals surface area contributed by atoms with E-state index in [2.05, 4.69) is 72.9 Å². The third kappa shape index (κ3) is 3.18. The van der Waals surface area contributed by atoms with Gasteiger partial charge in [0, 0.05) is 0 Å². The van der Waals surface area contributed by atoms with Gasteiger partial charge in [0.25, 0.3) is 0 Å². The van der Waals surface area contributed by atoms with Crippen molar-refractivity contribution < 1.29 is 5.32 Å². The van der Waals surface area contributed by atoms with Gasteiger partial charge in [-0.25, -0.2) is 0 Å². The summed E-state index contributed by atoms with van der Waals surface area (Å²) in [5.74, 6) is 0.442. The van der Waals surface area contributed by atoms with Gasteiger partial charge < -0.3 is 0 Å². The van der Waals surface area contributed by atoms with Crippen LogP contribution in [-0.4, -0.2) is 13.1 Å². The first-order chi connectivity index (χ1) is 8.42. The molecule has 1 nitrogen and oxygen atoms in total. The van der Waals surface area contributed by atoms with E-state index in [9.17, 15) is 0 Å². The summed E-state index contributed by atoms with van der Waals surface area (Å²) in [6.45, 7) is 4.15. The number of likely N-dealkylation sites (N-methyl/N-ethyl adjacent to an activating group) is 1. The third-order valence-electron chi connectivity index (χ3n) is 3.00. The molecule has 0 saturated heterocycles. The number of rotatable bonds is 5. The molecule has 2 aromatic rings. The maximum absolute atomic E-state index is 3.45. The third-order valence-corrected chi connectivity index (χ3v) is 3.00. The predicted molar refractivity (Wildman–Crippen MR) is 71.1 cm³/mol. The van der Waals surface area contributed by atoms with Crippen molar-refractivity contribution >= 4 is 0 Å². The van der Waals surface area contributed by atoms with Gasteiger partial charge in [-0.3, -0.25) is 0 Å². The standard InChI is InChI=1S/C16H19N/c1-2-17-13-16(14-9-5-3-6-10-14)15-11-7-4-8-12-15/h3-12,16-17H,2,13H2,1H3/q+1. The molecule has 1 heteroatoms. The highest BCUT2D eigenvalue weighted by Crippen LogP contribution is 2.22. The van der Waals surface area contributed by atoms with Crippen LogP contribution in [0.4, 0.5) is 0 Å². The Labute approximate surface area is 103 Å². The monoisotopic (exact) mass is 225 g/mol. The lowest BCUT2D eigenvalue weighted by Gasteiger charge is -2.14. The molecule has 0 saturated carbocycles. The second-order valence-electron chi connectivity index (χ2n) is 4.18. The molecule has 0 aromatic heterocycles. The zero-order chi connectivity index (χ0) is 11.9. The molecule has 87 valence electrons. The van der Waals surface area contributed by atoms with Crippen LogP contribution in [0.5, 0.6) is 0 Å². The topological polar surface area (TPSA) is 15.6 Å². The summed E-state index contributed by atoms with van der Waals surface area (Å²) in [6.07, 6.45) is 0. The summed E-state index contributed by atoms with van der Waals surface area (Å²) in [4.78, 5) is 0. The van der Waals surface area contributed by atoms with Crippen LogP contribution >= 0.6 is 0 Å². The maximum Gasteiger partial charge on any atom is 0.131 e. The molecule has 0 aliphatic heterocycles. The minimum Gasteiger partial charge on any atom is -0.182 e. The highest BCUT2D eigenvalue weighted by molar-refractivity contribution is 5.32. The lowest BCUT2D eigenvalue weighted by molar-refractivity contribution is -0.653. The molecular weight excluding hydrogens is 206 g/mol. The van der Waals surface area contributed by atoms with E-state index < -0.39 is 0 Å². The summed E-state index contributed by atoms with van der Waals surface area (Å²) in [5, 5.41) is 3.45. The van der Waals surface area contributed by atoms with Gasteiger partial charge in [-0.2, -0.15) is 5.32 Å². The average molecular weight is 225 g/mol. The zero-order valence-corrected chi connectivity index (χ0v) is 10.3. The van der Waals surface area contributed by atoms with Crippen LogP contribution in [0.2, 0.25) is 0 Å². The Morgan fingerprint density at radius 3 is 1.71 bits per heavy atom. The van der Waals surface area contributed by atoms with Crippen LogP contribution in [0.1, 0.15) is 24.0 Å². The summed E-state index contributed by atoms with van der Waals surface area (Å²) in [7, 11) is 0. The smallest absolute Gasteiger partial charge is 0.131 e. The van der Waals surface area contributed by atoms with Crippen LogP contribution < -0.4 is 5.32 Å². The maximum atomic E-state index is 3.45. The quantitative estimate of drug-likeness (QED) is 0.803. The minimum absolute atomic E-state index is 0.442. The molecule has 0 aliphatic rings. The highest BCUT2D eigenvalue weighted by Gasteiger charge is 2.16. The van der Waals surface area contributed by atoms with Crippen molar-refractivity contribution in [2.45, 2.75) is 12.8 Å². The Balaban J connectivity index is 2.26. The molecule has 0 heterocycles. The molecule has 1 radical (unpaired) electrons. The molecule has 1 N–H and O–H groups in total. The van der Waals surface area contributed by atoms with Gasteiger partial charge in [0.05, 0.1) is 5.92 Å². The Hall–Kier alpha value is -1.60. The number of benzene rings is 2. The van der Waals surface area contributed by atoms with Crippen LogP contribution in [0.15, 0.2) is 60.7 Å². The van der Waals surface area contributed by atoms with E-state index in [0.29, 0.717) is 5.92 Å². The van der Waals surface area contributed by atoms with Crippen LogP contribution in [0.3, 0.4) is 0 Å². The fourth-order valence-corrected chi connectivity index (χ4v) is 2.09. The predicted octanol–water partition coefficient (Wildman–Crippen LogP) is 2.19. The molecule has 0 spiro atoms. The Kier molecular flexibility index (Phi) is 4.34. The second kappa shape index (κ2) is 6.21. The van der Waals surface area contributed by atoms with Crippen molar-refractivity contribution in [2.75, 3.05) is 13.1 Å². The minimum atomic E-state index is 0.442. The first-order valence-corrected chi connectivity index (χ1v) is 6.22. The molecular formula is C16H19N+. The SMILES string of the molecule is CC[NH+]CC(c1ccccc1)c1ccccc1. The molecule has 0 bridgehead atoms. The first-order valence-electron chi connectivity index (χ1n) is 6.22. The first kappa shape index (κ1) is 11.9. The van der Waals surface area contributed by atoms with E-state index >= 15 is 0 Å². The van der Waals surface area contributed by atoms with Gasteiger partial charge >= 0.3 is 0 Å². The second-order valence-corrected chi connectivity index (χ2v) is 4.18. The Bertz CT molecular complexity index is 382. The average Bonchev–Trinajstić information content (AvgIpc) is 2.42. The van der Waals surface area contributed by atoms with E-state index in [1.54, 1.807) is 0 Å². The van der Waals surface area contributed by atoms with Gasteiger partial charge in [0.15, 0.2) is 0 Å². The van der Waals surface area contributed by atoms with Crippen LogP contribution in [0.25, 0.3) is 0 Å². The van der Waals surface area contributed by atoms with Crippen molar-refractivity contribution in [1.29, 1.82) is 0 Å². The van der Waals surface area contributed by atoms with E-state index in [1.165, 1.54) is 11.1 Å². The number of nitrogens with one attached hydrogen (secondary N) is 1. The fourth-order valence-electron chi connectivity index (χ4n) is 2.09. The van der Waals surface area contributed by atoms with Gasteiger partial charge in [-0.1, -0.05) is 60.7 Å². The van der Waals surface area contributed by atoms with Gasteiger partial charge in [-0.05, 0) is 18.1 Å². The largest absolute Gasteiger partial charge is 0.182 e. The zero-order valence-electron chi connectivity index (χ0n) is 10.3. The van der Waals surface area contributed by atoms with Crippen molar-refractivity contribution in [3.63, 3.8) is 0 Å². The van der Waals surface area contributed by atoms with Crippen molar-refractivity contribution in [3.05, 3.63) is 71.8 Å². The number of hydrogen-bond donors (Lipinski definition) is 1. The van der Waals surface area contributed by atoms with Crippen LogP contribution in [0, 0.1) is 0 Å². The van der Waals surface area contributed by atoms with Gasteiger partial charge in [0.2, 0.25) is 0 Å². The van der Waals surface area contributed by atoms with E-state index in [0.717, 1.165) is 13.1 Å². The molecule has 2 aromatic carbocycles. The van der Waals surface area contributed by atoms with E-state index in [-0.39, 0.29) is 0 Å². The summed E-state index contributed by atoms with van der Waals surface area (Å²) >= 11 is 0. The van der Waals surface area contributed by atoms with Crippen LogP contribution in [-0.2, 0) is 0 Å². The van der Waals surface area contributed by atoms with E-state index in [1.807, 2.05) is 0 Å². The molecule has 17 heavy (non-hydrogen) atoms. The number of hydrogen-bond acceptors (Lipinski definition) is 1. The Morgan fingerprint density at radius 2 is 1.29 bits per heavy atom. The lowest BCUT2D eigenvalue weighted by atomic mass is 9.91. The molecule has 0 fully saturated rings. The summed E-state index contributed by atoms with van der Waals surface area (Å²) in [6, 6.07) is 21.4. The van der Waals surface area contributed by atoms with Gasteiger partial charge in [0.1, 0.15) is 13.1 Å². The molecule has 0 unspecified atom stereocenters.